The van der Waals surface area contributed by atoms with E-state index in [0.717, 1.165) is 11.0 Å². The number of carboxylic acid groups (broad SMARTS) is 1. The van der Waals surface area contributed by atoms with Crippen LogP contribution >= 0.6 is 0 Å². The average Bonchev–Trinajstić information content (AvgIpc) is 2.26. The number of carboxylic acids is 1. The highest BCUT2D eigenvalue weighted by Gasteiger charge is 2.31. The van der Waals surface area contributed by atoms with Crippen molar-refractivity contribution in [2.24, 2.45) is 0 Å². The van der Waals surface area contributed by atoms with Crippen LogP contribution in [0.5, 0.6) is 0 Å². The van der Waals surface area contributed by atoms with Crippen molar-refractivity contribution >= 4 is 11.7 Å². The zero-order valence-electron chi connectivity index (χ0n) is 9.54. The molecule has 0 radical (unpaired) electrons. The molecular formula is C12H9F4NO2. The molecule has 0 atom stereocenters. The monoisotopic (exact) mass is 275 g/mol. The lowest BCUT2D eigenvalue weighted by atomic mass is 10.1. The van der Waals surface area contributed by atoms with Gasteiger partial charge in [0.25, 0.3) is 0 Å². The summed E-state index contributed by atoms with van der Waals surface area (Å²) in [5.41, 5.74) is -1.43. The number of terminal acetylenes is 1. The van der Waals surface area contributed by atoms with Gasteiger partial charge in [-0.1, -0.05) is 5.92 Å². The highest BCUT2D eigenvalue weighted by molar-refractivity contribution is 5.74. The summed E-state index contributed by atoms with van der Waals surface area (Å²) >= 11 is 0. The molecule has 19 heavy (non-hydrogen) atoms. The highest BCUT2D eigenvalue weighted by atomic mass is 19.4. The molecule has 1 N–H and O–H groups in total. The van der Waals surface area contributed by atoms with Crippen molar-refractivity contribution in [2.45, 2.75) is 6.18 Å². The highest BCUT2D eigenvalue weighted by Crippen LogP contribution is 2.32. The first-order chi connectivity index (χ1) is 8.75. The van der Waals surface area contributed by atoms with Crippen LogP contribution in [0.1, 0.15) is 5.56 Å². The van der Waals surface area contributed by atoms with Crippen molar-refractivity contribution in [3.63, 3.8) is 0 Å². The largest absolute Gasteiger partial charge is 0.480 e. The van der Waals surface area contributed by atoms with Crippen molar-refractivity contribution in [3.8, 4) is 12.3 Å². The van der Waals surface area contributed by atoms with E-state index in [-0.39, 0.29) is 12.2 Å². The SMILES string of the molecule is C#CCN(CC(=O)O)c1ccc(C(F)(F)F)cc1F. The van der Waals surface area contributed by atoms with Gasteiger partial charge in [-0.15, -0.1) is 6.42 Å². The van der Waals surface area contributed by atoms with E-state index < -0.39 is 30.1 Å². The maximum Gasteiger partial charge on any atom is 0.416 e. The maximum absolute atomic E-state index is 13.6. The topological polar surface area (TPSA) is 40.5 Å². The molecule has 0 saturated carbocycles. The van der Waals surface area contributed by atoms with Gasteiger partial charge in [-0.3, -0.25) is 4.79 Å². The molecule has 0 saturated heterocycles. The van der Waals surface area contributed by atoms with E-state index in [0.29, 0.717) is 12.1 Å². The Labute approximate surface area is 106 Å². The Morgan fingerprint density at radius 3 is 2.47 bits per heavy atom. The Balaban J connectivity index is 3.12. The Morgan fingerprint density at radius 1 is 1.42 bits per heavy atom. The number of halogens is 4. The minimum atomic E-state index is -4.66. The molecule has 0 unspecified atom stereocenters. The number of hydrogen-bond donors (Lipinski definition) is 1. The molecule has 0 bridgehead atoms. The van der Waals surface area contributed by atoms with E-state index in [2.05, 4.69) is 5.92 Å². The molecule has 0 aromatic heterocycles. The fourth-order valence-corrected chi connectivity index (χ4v) is 1.44. The third kappa shape index (κ3) is 3.88. The van der Waals surface area contributed by atoms with Crippen LogP contribution in [-0.4, -0.2) is 24.2 Å². The third-order valence-corrected chi connectivity index (χ3v) is 2.22. The zero-order chi connectivity index (χ0) is 14.6. The lowest BCUT2D eigenvalue weighted by molar-refractivity contribution is -0.138. The summed E-state index contributed by atoms with van der Waals surface area (Å²) in [6, 6.07) is 1.84. The standard InChI is InChI=1S/C12H9F4NO2/c1-2-5-17(7-11(18)19)10-4-3-8(6-9(10)13)12(14,15)16/h1,3-4,6H,5,7H2,(H,18,19). The number of anilines is 1. The van der Waals surface area contributed by atoms with E-state index in [1.165, 1.54) is 0 Å². The van der Waals surface area contributed by atoms with Gasteiger partial charge >= 0.3 is 12.1 Å². The smallest absolute Gasteiger partial charge is 0.416 e. The van der Waals surface area contributed by atoms with Gasteiger partial charge in [-0.2, -0.15) is 13.2 Å². The molecule has 0 spiro atoms. The van der Waals surface area contributed by atoms with Crippen molar-refractivity contribution in [3.05, 3.63) is 29.6 Å². The molecule has 0 aliphatic carbocycles. The summed E-state index contributed by atoms with van der Waals surface area (Å²) in [6.45, 7) is -0.832. The normalized spacial score (nSPS) is 10.9. The molecular weight excluding hydrogens is 266 g/mol. The number of rotatable bonds is 4. The van der Waals surface area contributed by atoms with Gasteiger partial charge in [0.05, 0.1) is 17.8 Å². The number of hydrogen-bond acceptors (Lipinski definition) is 2. The van der Waals surface area contributed by atoms with Gasteiger partial charge in [0.1, 0.15) is 12.4 Å². The second-order valence-corrected chi connectivity index (χ2v) is 3.62. The first-order valence-corrected chi connectivity index (χ1v) is 5.02. The molecule has 0 amide bonds. The number of alkyl halides is 3. The van der Waals surface area contributed by atoms with E-state index in [4.69, 9.17) is 11.5 Å². The quantitative estimate of drug-likeness (QED) is 0.677. The molecule has 1 aromatic rings. The third-order valence-electron chi connectivity index (χ3n) is 2.22. The minimum Gasteiger partial charge on any atom is -0.480 e. The Morgan fingerprint density at radius 2 is 2.05 bits per heavy atom. The molecule has 0 fully saturated rings. The fourth-order valence-electron chi connectivity index (χ4n) is 1.44. The van der Waals surface area contributed by atoms with Gasteiger partial charge < -0.3 is 10.0 Å². The van der Waals surface area contributed by atoms with Crippen molar-refractivity contribution in [1.29, 1.82) is 0 Å². The molecule has 102 valence electrons. The lowest BCUT2D eigenvalue weighted by Crippen LogP contribution is -2.30. The van der Waals surface area contributed by atoms with Gasteiger partial charge in [0.15, 0.2) is 0 Å². The first-order valence-electron chi connectivity index (χ1n) is 5.02. The van der Waals surface area contributed by atoms with Gasteiger partial charge in [-0.25, -0.2) is 4.39 Å². The summed E-state index contributed by atoms with van der Waals surface area (Å²) in [4.78, 5) is 11.5. The first kappa shape index (κ1) is 14.8. The lowest BCUT2D eigenvalue weighted by Gasteiger charge is -2.21. The predicted molar refractivity (Wildman–Crippen MR) is 60.1 cm³/mol. The summed E-state index contributed by atoms with van der Waals surface area (Å²) in [5.74, 6) is -0.326. The minimum absolute atomic E-state index is 0.228. The summed E-state index contributed by atoms with van der Waals surface area (Å²) in [6.07, 6.45) is 0.341. The van der Waals surface area contributed by atoms with Crippen LogP contribution in [0.15, 0.2) is 18.2 Å². The number of carbonyl (C=O) groups is 1. The molecule has 7 heteroatoms. The molecule has 0 aliphatic heterocycles. The zero-order valence-corrected chi connectivity index (χ0v) is 9.54. The van der Waals surface area contributed by atoms with E-state index in [9.17, 15) is 22.4 Å². The van der Waals surface area contributed by atoms with Gasteiger partial charge in [0, 0.05) is 0 Å². The second-order valence-electron chi connectivity index (χ2n) is 3.62. The van der Waals surface area contributed by atoms with Gasteiger partial charge in [0.2, 0.25) is 0 Å². The fraction of sp³-hybridized carbons (Fsp3) is 0.250. The van der Waals surface area contributed by atoms with Crippen molar-refractivity contribution in [1.82, 2.24) is 0 Å². The average molecular weight is 275 g/mol. The number of nitrogens with zero attached hydrogens (tertiary/aromatic N) is 1. The molecule has 3 nitrogen and oxygen atoms in total. The van der Waals surface area contributed by atoms with Crippen LogP contribution in [0.25, 0.3) is 0 Å². The van der Waals surface area contributed by atoms with E-state index in [1.807, 2.05) is 0 Å². The van der Waals surface area contributed by atoms with Crippen molar-refractivity contribution in [2.75, 3.05) is 18.0 Å². The summed E-state index contributed by atoms with van der Waals surface area (Å²) < 4.78 is 50.7. The van der Waals surface area contributed by atoms with E-state index in [1.54, 1.807) is 0 Å². The summed E-state index contributed by atoms with van der Waals surface area (Å²) in [7, 11) is 0. The van der Waals surface area contributed by atoms with Gasteiger partial charge in [-0.05, 0) is 18.2 Å². The van der Waals surface area contributed by atoms with Crippen LogP contribution in [-0.2, 0) is 11.0 Å². The van der Waals surface area contributed by atoms with Crippen LogP contribution in [0.3, 0.4) is 0 Å². The van der Waals surface area contributed by atoms with Crippen molar-refractivity contribution < 1.29 is 27.5 Å². The molecule has 0 aliphatic rings. The maximum atomic E-state index is 13.6. The Bertz CT molecular complexity index is 519. The predicted octanol–water partition coefficient (Wildman–Crippen LogP) is 2.37. The second kappa shape index (κ2) is 5.61. The molecule has 1 rings (SSSR count). The number of aliphatic carboxylic acids is 1. The van der Waals surface area contributed by atoms with Crippen LogP contribution in [0.4, 0.5) is 23.2 Å². The molecule has 0 heterocycles. The Kier molecular flexibility index (Phi) is 4.38. The van der Waals surface area contributed by atoms with Crippen LogP contribution in [0.2, 0.25) is 0 Å². The van der Waals surface area contributed by atoms with E-state index >= 15 is 0 Å². The Hall–Kier alpha value is -2.23. The molecule has 1 aromatic carbocycles. The summed E-state index contributed by atoms with van der Waals surface area (Å²) in [5, 5.41) is 8.63. The number of benzene rings is 1. The van der Waals surface area contributed by atoms with Crippen LogP contribution in [0, 0.1) is 18.2 Å². The van der Waals surface area contributed by atoms with Crippen LogP contribution < -0.4 is 4.90 Å².